The molecular formula is C27H34NOP. The molecular weight excluding hydrogens is 385 g/mol. The van der Waals surface area contributed by atoms with Crippen molar-refractivity contribution in [2.75, 3.05) is 6.29 Å². The first kappa shape index (κ1) is 22.7. The molecule has 0 aliphatic rings. The summed E-state index contributed by atoms with van der Waals surface area (Å²) >= 11 is 0. The zero-order valence-corrected chi connectivity index (χ0v) is 19.2. The SMILES string of the molecule is CCC(C)Cc1ccc([P@@](CN[C@@H](C)[C@H](O)c2ccccc2)c2ccccc2)cc1. The summed E-state index contributed by atoms with van der Waals surface area (Å²) in [4.78, 5) is 0. The van der Waals surface area contributed by atoms with Gasteiger partial charge in [-0.2, -0.15) is 0 Å². The quantitative estimate of drug-likeness (QED) is 0.433. The van der Waals surface area contributed by atoms with Crippen LogP contribution in [0.25, 0.3) is 0 Å². The third-order valence-corrected chi connectivity index (χ3v) is 8.12. The summed E-state index contributed by atoms with van der Waals surface area (Å²) in [6.07, 6.45) is 2.68. The minimum atomic E-state index is -0.536. The summed E-state index contributed by atoms with van der Waals surface area (Å²) in [5.41, 5.74) is 2.37. The van der Waals surface area contributed by atoms with Crippen molar-refractivity contribution in [2.45, 2.75) is 45.8 Å². The molecule has 3 heteroatoms. The highest BCUT2D eigenvalue weighted by atomic mass is 31.1. The smallest absolute Gasteiger partial charge is 0.0940 e. The van der Waals surface area contributed by atoms with Gasteiger partial charge in [0.25, 0.3) is 0 Å². The van der Waals surface area contributed by atoms with Crippen LogP contribution in [0.4, 0.5) is 0 Å². The molecule has 2 nitrogen and oxygen atoms in total. The van der Waals surface area contributed by atoms with Crippen molar-refractivity contribution < 1.29 is 5.11 Å². The number of hydrogen-bond donors (Lipinski definition) is 2. The van der Waals surface area contributed by atoms with Crippen LogP contribution < -0.4 is 15.9 Å². The Bertz CT molecular complexity index is 866. The maximum Gasteiger partial charge on any atom is 0.0940 e. The second-order valence-electron chi connectivity index (χ2n) is 8.15. The molecule has 0 saturated carbocycles. The molecule has 30 heavy (non-hydrogen) atoms. The highest BCUT2D eigenvalue weighted by Gasteiger charge is 2.19. The monoisotopic (exact) mass is 419 g/mol. The van der Waals surface area contributed by atoms with Crippen molar-refractivity contribution in [2.24, 2.45) is 5.92 Å². The zero-order valence-electron chi connectivity index (χ0n) is 18.3. The van der Waals surface area contributed by atoms with Crippen molar-refractivity contribution >= 4 is 18.5 Å². The third kappa shape index (κ3) is 6.25. The van der Waals surface area contributed by atoms with Crippen LogP contribution in [0, 0.1) is 5.92 Å². The summed E-state index contributed by atoms with van der Waals surface area (Å²) in [5.74, 6) is 0.716. The van der Waals surface area contributed by atoms with Gasteiger partial charge in [0.1, 0.15) is 0 Å². The Hall–Kier alpha value is -1.99. The molecule has 0 aromatic heterocycles. The Morgan fingerprint density at radius 2 is 1.37 bits per heavy atom. The molecule has 4 atom stereocenters. The molecule has 3 rings (SSSR count). The molecule has 2 N–H and O–H groups in total. The number of nitrogens with one attached hydrogen (secondary N) is 1. The maximum absolute atomic E-state index is 10.7. The van der Waals surface area contributed by atoms with E-state index in [0.717, 1.165) is 18.3 Å². The van der Waals surface area contributed by atoms with Gasteiger partial charge >= 0.3 is 0 Å². The third-order valence-electron chi connectivity index (χ3n) is 5.78. The largest absolute Gasteiger partial charge is 0.387 e. The van der Waals surface area contributed by atoms with Gasteiger partial charge in [-0.05, 0) is 48.9 Å². The lowest BCUT2D eigenvalue weighted by Gasteiger charge is -2.25. The van der Waals surface area contributed by atoms with Crippen LogP contribution in [0.15, 0.2) is 84.9 Å². The normalized spacial score (nSPS) is 15.3. The van der Waals surface area contributed by atoms with Gasteiger partial charge < -0.3 is 10.4 Å². The molecule has 0 heterocycles. The fourth-order valence-corrected chi connectivity index (χ4v) is 5.76. The Balaban J connectivity index is 1.73. The predicted molar refractivity (Wildman–Crippen MR) is 131 cm³/mol. The van der Waals surface area contributed by atoms with Gasteiger partial charge in [0.05, 0.1) is 6.10 Å². The first-order chi connectivity index (χ1) is 14.6. The summed E-state index contributed by atoms with van der Waals surface area (Å²) in [5, 5.41) is 17.1. The van der Waals surface area contributed by atoms with E-state index >= 15 is 0 Å². The van der Waals surface area contributed by atoms with E-state index in [1.165, 1.54) is 22.6 Å². The fourth-order valence-electron chi connectivity index (χ4n) is 3.58. The lowest BCUT2D eigenvalue weighted by atomic mass is 9.99. The summed E-state index contributed by atoms with van der Waals surface area (Å²) in [6.45, 7) is 6.63. The second kappa shape index (κ2) is 11.4. The van der Waals surface area contributed by atoms with E-state index in [9.17, 15) is 5.11 Å². The van der Waals surface area contributed by atoms with Crippen LogP contribution in [0.3, 0.4) is 0 Å². The Labute approximate surface area is 183 Å². The molecule has 1 unspecified atom stereocenters. The van der Waals surface area contributed by atoms with Gasteiger partial charge in [-0.3, -0.25) is 0 Å². The van der Waals surface area contributed by atoms with Crippen molar-refractivity contribution in [3.8, 4) is 0 Å². The van der Waals surface area contributed by atoms with E-state index in [1.54, 1.807) is 0 Å². The van der Waals surface area contributed by atoms with Crippen LogP contribution in [0.1, 0.15) is 44.4 Å². The Morgan fingerprint density at radius 1 is 0.800 bits per heavy atom. The van der Waals surface area contributed by atoms with Gasteiger partial charge in [-0.15, -0.1) is 0 Å². The van der Waals surface area contributed by atoms with Crippen LogP contribution in [-0.4, -0.2) is 17.4 Å². The number of aliphatic hydroxyl groups excluding tert-OH is 1. The molecule has 0 spiro atoms. The summed E-state index contributed by atoms with van der Waals surface area (Å²) in [7, 11) is -0.536. The number of hydrogen-bond acceptors (Lipinski definition) is 2. The average molecular weight is 420 g/mol. The van der Waals surface area contributed by atoms with Gasteiger partial charge in [-0.25, -0.2) is 0 Å². The van der Waals surface area contributed by atoms with E-state index in [-0.39, 0.29) is 6.04 Å². The molecule has 158 valence electrons. The summed E-state index contributed by atoms with van der Waals surface area (Å²) in [6, 6.07) is 29.8. The van der Waals surface area contributed by atoms with E-state index in [1.807, 2.05) is 30.3 Å². The van der Waals surface area contributed by atoms with E-state index < -0.39 is 14.0 Å². The van der Waals surface area contributed by atoms with E-state index in [4.69, 9.17) is 0 Å². The van der Waals surface area contributed by atoms with Gasteiger partial charge in [-0.1, -0.05) is 105 Å². The molecule has 0 aliphatic heterocycles. The van der Waals surface area contributed by atoms with Gasteiger partial charge in [0.2, 0.25) is 0 Å². The van der Waals surface area contributed by atoms with Crippen LogP contribution in [0.5, 0.6) is 0 Å². The van der Waals surface area contributed by atoms with E-state index in [0.29, 0.717) is 5.92 Å². The zero-order chi connectivity index (χ0) is 21.3. The molecule has 0 fully saturated rings. The van der Waals surface area contributed by atoms with Crippen LogP contribution in [0.2, 0.25) is 0 Å². The molecule has 3 aromatic carbocycles. The first-order valence-corrected chi connectivity index (χ1v) is 12.5. The molecule has 3 aromatic rings. The molecule has 0 radical (unpaired) electrons. The number of rotatable bonds is 10. The standard InChI is InChI=1S/C27H34NOP/c1-4-21(2)19-23-15-17-26(18-16-23)30(25-13-9-6-10-14-25)20-28-22(3)27(29)24-11-7-5-8-12-24/h5-18,21-22,27-29H,4,19-20H2,1-3H3/t21?,22-,27-,30-/m0/s1. The number of benzene rings is 3. The Morgan fingerprint density at radius 3 is 1.97 bits per heavy atom. The van der Waals surface area contributed by atoms with Crippen LogP contribution in [-0.2, 0) is 6.42 Å². The van der Waals surface area contributed by atoms with Crippen molar-refractivity contribution in [1.29, 1.82) is 0 Å². The van der Waals surface area contributed by atoms with Crippen molar-refractivity contribution in [3.05, 3.63) is 96.1 Å². The van der Waals surface area contributed by atoms with Gasteiger partial charge in [0, 0.05) is 12.3 Å². The van der Waals surface area contributed by atoms with Crippen LogP contribution >= 0.6 is 7.92 Å². The Kier molecular flexibility index (Phi) is 8.63. The summed E-state index contributed by atoms with van der Waals surface area (Å²) < 4.78 is 0. The van der Waals surface area contributed by atoms with Crippen molar-refractivity contribution in [1.82, 2.24) is 5.32 Å². The minimum absolute atomic E-state index is 0.0224. The second-order valence-corrected chi connectivity index (χ2v) is 10.4. The minimum Gasteiger partial charge on any atom is -0.387 e. The molecule has 0 aliphatic carbocycles. The molecule has 0 saturated heterocycles. The lowest BCUT2D eigenvalue weighted by Crippen LogP contribution is -2.34. The highest BCUT2D eigenvalue weighted by molar-refractivity contribution is 7.72. The highest BCUT2D eigenvalue weighted by Crippen LogP contribution is 2.33. The predicted octanol–water partition coefficient (Wildman–Crippen LogP) is 5.38. The molecule has 0 amide bonds. The van der Waals surface area contributed by atoms with Crippen molar-refractivity contribution in [3.63, 3.8) is 0 Å². The van der Waals surface area contributed by atoms with Gasteiger partial charge in [0.15, 0.2) is 0 Å². The maximum atomic E-state index is 10.7. The topological polar surface area (TPSA) is 32.3 Å². The van der Waals surface area contributed by atoms with E-state index in [2.05, 4.69) is 80.7 Å². The first-order valence-electron chi connectivity index (χ1n) is 11.0. The lowest BCUT2D eigenvalue weighted by molar-refractivity contribution is 0.139. The average Bonchev–Trinajstić information content (AvgIpc) is 2.80. The molecule has 0 bridgehead atoms. The fraction of sp³-hybridized carbons (Fsp3) is 0.333. The number of aliphatic hydroxyl groups is 1.